The van der Waals surface area contributed by atoms with Crippen molar-refractivity contribution in [3.05, 3.63) is 64.9 Å². The van der Waals surface area contributed by atoms with E-state index >= 15 is 0 Å². The third-order valence-corrected chi connectivity index (χ3v) is 3.69. The first-order chi connectivity index (χ1) is 9.36. The molecule has 0 unspecified atom stereocenters. The molecule has 0 heterocycles. The lowest BCUT2D eigenvalue weighted by Gasteiger charge is -2.02. The fraction of sp³-hybridized carbons (Fsp3) is 0.133. The molecule has 0 aliphatic heterocycles. The molecule has 1 rings (SSSR count). The van der Waals surface area contributed by atoms with Crippen molar-refractivity contribution in [3.8, 4) is 0 Å². The Hall–Kier alpha value is -2.01. The minimum Gasteiger partial charge on any atom is -0.299 e. The van der Waals surface area contributed by atoms with Crippen LogP contribution in [-0.2, 0) is 14.6 Å². The largest absolute Gasteiger partial charge is 0.299 e. The van der Waals surface area contributed by atoms with Gasteiger partial charge in [0, 0.05) is 11.8 Å². The molecule has 0 atom stereocenters. The molecule has 0 N–H and O–H groups in total. The fourth-order valence-electron chi connectivity index (χ4n) is 1.51. The summed E-state index contributed by atoms with van der Waals surface area (Å²) in [6.07, 6.45) is 6.68. The molecule has 0 bridgehead atoms. The summed E-state index contributed by atoms with van der Waals surface area (Å²) in [5.41, 5.74) is 0.986. The molecule has 1 aromatic rings. The van der Waals surface area contributed by atoms with Crippen molar-refractivity contribution in [1.82, 2.24) is 0 Å². The second-order valence-electron chi connectivity index (χ2n) is 4.17. The van der Waals surface area contributed by atoms with Crippen molar-refractivity contribution in [2.75, 3.05) is 6.26 Å². The van der Waals surface area contributed by atoms with Crippen molar-refractivity contribution in [2.45, 2.75) is 6.92 Å². The van der Waals surface area contributed by atoms with Crippen molar-refractivity contribution in [2.24, 2.45) is 0 Å². The van der Waals surface area contributed by atoms with E-state index in [1.807, 2.05) is 0 Å². The number of allylic oxidation sites excluding steroid dienone is 5. The number of hydrogen-bond acceptors (Lipinski definition) is 3. The summed E-state index contributed by atoms with van der Waals surface area (Å²) in [5.74, 6) is -0.376. The number of rotatable bonds is 5. The minimum atomic E-state index is -3.45. The third kappa shape index (κ3) is 4.59. The highest BCUT2D eigenvalue weighted by Crippen LogP contribution is 2.18. The normalized spacial score (nSPS) is 13.8. The minimum absolute atomic E-state index is 0.0136. The summed E-state index contributed by atoms with van der Waals surface area (Å²) >= 11 is 0. The van der Waals surface area contributed by atoms with Gasteiger partial charge in [-0.1, -0.05) is 24.3 Å². The van der Waals surface area contributed by atoms with Crippen LogP contribution in [0.1, 0.15) is 12.5 Å². The highest BCUT2D eigenvalue weighted by molar-refractivity contribution is 7.94. The second-order valence-corrected chi connectivity index (χ2v) is 6.18. The number of benzene rings is 1. The van der Waals surface area contributed by atoms with Gasteiger partial charge in [0.15, 0.2) is 9.84 Å². The number of sulfone groups is 1. The van der Waals surface area contributed by atoms with E-state index in [4.69, 9.17) is 0 Å². The van der Waals surface area contributed by atoms with Gasteiger partial charge in [-0.3, -0.25) is 4.79 Å². The van der Waals surface area contributed by atoms with Gasteiger partial charge in [-0.2, -0.15) is 0 Å². The molecule has 0 amide bonds. The van der Waals surface area contributed by atoms with Crippen LogP contribution < -0.4 is 0 Å². The molecule has 0 saturated carbocycles. The maximum atomic E-state index is 13.6. The molecular formula is C15H15FO3S. The SMILES string of the molecule is C\C(=C/C=C(\C=C\C=O)S(C)(=O)=O)c1ccccc1F. The molecule has 0 fully saturated rings. The lowest BCUT2D eigenvalue weighted by atomic mass is 10.1. The smallest absolute Gasteiger partial charge is 0.175 e. The van der Waals surface area contributed by atoms with Crippen LogP contribution in [0, 0.1) is 5.82 Å². The number of carbonyl (C=O) groups excluding carboxylic acids is 1. The summed E-state index contributed by atoms with van der Waals surface area (Å²) in [6, 6.07) is 6.22. The Morgan fingerprint density at radius 1 is 1.20 bits per heavy atom. The van der Waals surface area contributed by atoms with E-state index in [9.17, 15) is 17.6 Å². The van der Waals surface area contributed by atoms with E-state index in [1.54, 1.807) is 25.1 Å². The number of aldehydes is 1. The molecular weight excluding hydrogens is 279 g/mol. The van der Waals surface area contributed by atoms with Crippen LogP contribution in [0.25, 0.3) is 5.57 Å². The van der Waals surface area contributed by atoms with E-state index in [1.165, 1.54) is 24.3 Å². The summed E-state index contributed by atoms with van der Waals surface area (Å²) < 4.78 is 36.6. The predicted octanol–water partition coefficient (Wildman–Crippen LogP) is 2.91. The zero-order valence-corrected chi connectivity index (χ0v) is 12.0. The maximum Gasteiger partial charge on any atom is 0.175 e. The van der Waals surface area contributed by atoms with Crippen molar-refractivity contribution >= 4 is 21.7 Å². The Kier molecular flexibility index (Phi) is 5.58. The molecule has 0 aromatic heterocycles. The number of carbonyl (C=O) groups is 1. The van der Waals surface area contributed by atoms with Gasteiger partial charge in [0.1, 0.15) is 12.1 Å². The average molecular weight is 294 g/mol. The van der Waals surface area contributed by atoms with Crippen LogP contribution in [-0.4, -0.2) is 21.0 Å². The molecule has 0 aliphatic rings. The van der Waals surface area contributed by atoms with Crippen LogP contribution in [0.15, 0.2) is 53.5 Å². The highest BCUT2D eigenvalue weighted by Gasteiger charge is 2.07. The number of halogens is 1. The molecule has 0 aliphatic carbocycles. The molecule has 0 spiro atoms. The van der Waals surface area contributed by atoms with Gasteiger partial charge in [-0.15, -0.1) is 0 Å². The maximum absolute atomic E-state index is 13.6. The van der Waals surface area contributed by atoms with E-state index in [2.05, 4.69) is 0 Å². The molecule has 0 radical (unpaired) electrons. The van der Waals surface area contributed by atoms with E-state index < -0.39 is 9.84 Å². The summed E-state index contributed by atoms with van der Waals surface area (Å²) in [7, 11) is -3.45. The van der Waals surface area contributed by atoms with Crippen molar-refractivity contribution in [3.63, 3.8) is 0 Å². The van der Waals surface area contributed by atoms with Gasteiger partial charge < -0.3 is 0 Å². The highest BCUT2D eigenvalue weighted by atomic mass is 32.2. The molecule has 1 aromatic carbocycles. The van der Waals surface area contributed by atoms with Crippen molar-refractivity contribution in [1.29, 1.82) is 0 Å². The zero-order chi connectivity index (χ0) is 15.2. The van der Waals surface area contributed by atoms with Gasteiger partial charge in [-0.25, -0.2) is 12.8 Å². The Bertz CT molecular complexity index is 683. The molecule has 5 heteroatoms. The van der Waals surface area contributed by atoms with Crippen molar-refractivity contribution < 1.29 is 17.6 Å². The molecule has 0 saturated heterocycles. The van der Waals surface area contributed by atoms with Crippen LogP contribution >= 0.6 is 0 Å². The van der Waals surface area contributed by atoms with Gasteiger partial charge in [-0.05, 0) is 36.8 Å². The van der Waals surface area contributed by atoms with Crippen LogP contribution in [0.5, 0.6) is 0 Å². The number of hydrogen-bond donors (Lipinski definition) is 0. The standard InChI is InChI=1S/C15H15FO3S/c1-12(14-7-3-4-8-15(14)16)9-10-13(6-5-11-17)20(2,18)19/h3-11H,1-2H3/b6-5+,12-9+,13-10+. The average Bonchev–Trinajstić information content (AvgIpc) is 2.37. The fourth-order valence-corrected chi connectivity index (χ4v) is 2.16. The first-order valence-corrected chi connectivity index (χ1v) is 7.71. The monoisotopic (exact) mass is 294 g/mol. The van der Waals surface area contributed by atoms with E-state index in [-0.39, 0.29) is 10.7 Å². The molecule has 20 heavy (non-hydrogen) atoms. The van der Waals surface area contributed by atoms with Gasteiger partial charge in [0.2, 0.25) is 0 Å². The molecule has 106 valence electrons. The van der Waals surface area contributed by atoms with Crippen LogP contribution in [0.4, 0.5) is 4.39 Å². The lowest BCUT2D eigenvalue weighted by molar-refractivity contribution is -0.104. The Morgan fingerprint density at radius 2 is 1.85 bits per heavy atom. The zero-order valence-electron chi connectivity index (χ0n) is 11.2. The first kappa shape index (κ1) is 16.0. The Labute approximate surface area is 118 Å². The van der Waals surface area contributed by atoms with Crippen LogP contribution in [0.2, 0.25) is 0 Å². The lowest BCUT2D eigenvalue weighted by Crippen LogP contribution is -1.98. The topological polar surface area (TPSA) is 51.2 Å². The van der Waals surface area contributed by atoms with E-state index in [0.717, 1.165) is 12.3 Å². The summed E-state index contributed by atoms with van der Waals surface area (Å²) in [6.45, 7) is 1.68. The van der Waals surface area contributed by atoms with Crippen LogP contribution in [0.3, 0.4) is 0 Å². The summed E-state index contributed by atoms with van der Waals surface area (Å²) in [4.78, 5) is 10.3. The van der Waals surface area contributed by atoms with E-state index in [0.29, 0.717) is 17.4 Å². The van der Waals surface area contributed by atoms with Gasteiger partial charge >= 0.3 is 0 Å². The second kappa shape index (κ2) is 6.96. The predicted molar refractivity (Wildman–Crippen MR) is 78.2 cm³/mol. The van der Waals surface area contributed by atoms with Gasteiger partial charge in [0.25, 0.3) is 0 Å². The molecule has 3 nitrogen and oxygen atoms in total. The quantitative estimate of drug-likeness (QED) is 0.476. The Balaban J connectivity index is 3.20. The van der Waals surface area contributed by atoms with Gasteiger partial charge in [0.05, 0.1) is 4.91 Å². The summed E-state index contributed by atoms with van der Waals surface area (Å²) in [5, 5.41) is 0. The first-order valence-electron chi connectivity index (χ1n) is 5.81. The third-order valence-electron chi connectivity index (χ3n) is 2.56. The Morgan fingerprint density at radius 3 is 2.40 bits per heavy atom.